The van der Waals surface area contributed by atoms with E-state index in [-0.39, 0.29) is 0 Å². The first-order valence-electron chi connectivity index (χ1n) is 5.88. The van der Waals surface area contributed by atoms with Gasteiger partial charge in [-0.2, -0.15) is 0 Å². The van der Waals surface area contributed by atoms with Gasteiger partial charge in [-0.1, -0.05) is 31.2 Å². The molecule has 0 aliphatic heterocycles. The van der Waals surface area contributed by atoms with Crippen LogP contribution in [0.25, 0.3) is 0 Å². The van der Waals surface area contributed by atoms with Crippen LogP contribution in [-0.4, -0.2) is 18.8 Å². The highest BCUT2D eigenvalue weighted by atomic mass is 79.9. The Morgan fingerprint density at radius 2 is 2.18 bits per heavy atom. The summed E-state index contributed by atoms with van der Waals surface area (Å²) in [4.78, 5) is 1.30. The number of hydrogen-bond acceptors (Lipinski definition) is 2. The number of halogens is 1. The molecule has 17 heavy (non-hydrogen) atoms. The Bertz CT molecular complexity index is 365. The Hall–Kier alpha value is -0.250. The average molecular weight is 314 g/mol. The molecule has 94 valence electrons. The van der Waals surface area contributed by atoms with Crippen LogP contribution in [0.4, 0.5) is 0 Å². The number of hydrogen-bond donors (Lipinski definition) is 1. The Morgan fingerprint density at radius 1 is 1.47 bits per heavy atom. The predicted octanol–water partition coefficient (Wildman–Crippen LogP) is 4.49. The lowest BCUT2D eigenvalue weighted by atomic mass is 10.1. The molecule has 0 radical (unpaired) electrons. The molecular weight excluding hydrogens is 294 g/mol. The zero-order chi connectivity index (χ0) is 12.7. The molecule has 1 aromatic carbocycles. The number of benzene rings is 1. The Labute approximate surface area is 117 Å². The van der Waals surface area contributed by atoms with Gasteiger partial charge in [0.2, 0.25) is 0 Å². The third kappa shape index (κ3) is 5.28. The molecule has 0 amide bonds. The van der Waals surface area contributed by atoms with Crippen molar-refractivity contribution in [2.75, 3.05) is 12.8 Å². The van der Waals surface area contributed by atoms with Crippen molar-refractivity contribution in [3.63, 3.8) is 0 Å². The molecule has 0 aliphatic carbocycles. The number of nitrogens with one attached hydrogen (secondary N) is 1. The van der Waals surface area contributed by atoms with E-state index in [1.54, 1.807) is 0 Å². The Kier molecular flexibility index (Phi) is 6.93. The highest BCUT2D eigenvalue weighted by Crippen LogP contribution is 2.28. The van der Waals surface area contributed by atoms with Crippen LogP contribution in [-0.2, 0) is 0 Å². The van der Waals surface area contributed by atoms with Gasteiger partial charge >= 0.3 is 0 Å². The molecule has 0 fully saturated rings. The maximum atomic E-state index is 4.07. The number of rotatable bonds is 7. The van der Waals surface area contributed by atoms with Gasteiger partial charge in [-0.05, 0) is 48.0 Å². The van der Waals surface area contributed by atoms with Crippen molar-refractivity contribution in [2.45, 2.75) is 30.7 Å². The molecule has 1 rings (SSSR count). The smallest absolute Gasteiger partial charge is 0.0311 e. The van der Waals surface area contributed by atoms with E-state index in [4.69, 9.17) is 0 Å². The summed E-state index contributed by atoms with van der Waals surface area (Å²) in [5, 5.41) is 3.36. The molecule has 1 nitrogen and oxygen atoms in total. The lowest BCUT2D eigenvalue weighted by Crippen LogP contribution is -2.28. The van der Waals surface area contributed by atoms with E-state index in [2.05, 4.69) is 52.9 Å². The average Bonchev–Trinajstić information content (AvgIpc) is 2.35. The van der Waals surface area contributed by atoms with Gasteiger partial charge in [-0.3, -0.25) is 0 Å². The standard InChI is InChI=1S/C14H20BrNS/c1-4-11(2)9-12(16-3)10-17-14-8-6-5-7-13(14)15/h5-8,12,16H,2,4,9-10H2,1,3H3. The SMILES string of the molecule is C=C(CC)CC(CSc1ccccc1Br)NC. The lowest BCUT2D eigenvalue weighted by Gasteiger charge is -2.17. The van der Waals surface area contributed by atoms with Crippen LogP contribution in [0.2, 0.25) is 0 Å². The van der Waals surface area contributed by atoms with Gasteiger partial charge < -0.3 is 5.32 Å². The van der Waals surface area contributed by atoms with Gasteiger partial charge in [0.25, 0.3) is 0 Å². The molecule has 0 aliphatic rings. The second-order valence-corrected chi connectivity index (χ2v) is 5.95. The van der Waals surface area contributed by atoms with E-state index in [1.165, 1.54) is 14.9 Å². The summed E-state index contributed by atoms with van der Waals surface area (Å²) in [6, 6.07) is 8.85. The largest absolute Gasteiger partial charge is 0.316 e. The Morgan fingerprint density at radius 3 is 2.76 bits per heavy atom. The van der Waals surface area contributed by atoms with Crippen molar-refractivity contribution in [3.05, 3.63) is 40.9 Å². The van der Waals surface area contributed by atoms with Gasteiger partial charge in [0.15, 0.2) is 0 Å². The lowest BCUT2D eigenvalue weighted by molar-refractivity contribution is 0.607. The van der Waals surface area contributed by atoms with Gasteiger partial charge in [-0.15, -0.1) is 11.8 Å². The maximum absolute atomic E-state index is 4.07. The van der Waals surface area contributed by atoms with Crippen LogP contribution in [0.3, 0.4) is 0 Å². The van der Waals surface area contributed by atoms with E-state index in [9.17, 15) is 0 Å². The number of thioether (sulfide) groups is 1. The monoisotopic (exact) mass is 313 g/mol. The van der Waals surface area contributed by atoms with Crippen LogP contribution >= 0.6 is 27.7 Å². The quantitative estimate of drug-likeness (QED) is 0.588. The van der Waals surface area contributed by atoms with E-state index in [0.717, 1.165) is 18.6 Å². The second-order valence-electron chi connectivity index (χ2n) is 4.03. The molecule has 1 aromatic rings. The highest BCUT2D eigenvalue weighted by Gasteiger charge is 2.09. The minimum absolute atomic E-state index is 0.500. The van der Waals surface area contributed by atoms with Crippen molar-refractivity contribution in [1.29, 1.82) is 0 Å². The van der Waals surface area contributed by atoms with E-state index in [0.29, 0.717) is 6.04 Å². The summed E-state index contributed by atoms with van der Waals surface area (Å²) in [6.07, 6.45) is 2.13. The molecule has 0 heterocycles. The second kappa shape index (κ2) is 7.96. The normalized spacial score (nSPS) is 12.4. The first-order valence-corrected chi connectivity index (χ1v) is 7.66. The molecule has 0 bridgehead atoms. The fraction of sp³-hybridized carbons (Fsp3) is 0.429. The summed E-state index contributed by atoms with van der Waals surface area (Å²) in [6.45, 7) is 6.24. The molecule has 1 N–H and O–H groups in total. The van der Waals surface area contributed by atoms with Gasteiger partial charge in [0.05, 0.1) is 0 Å². The van der Waals surface area contributed by atoms with Crippen molar-refractivity contribution in [1.82, 2.24) is 5.32 Å². The van der Waals surface area contributed by atoms with Crippen molar-refractivity contribution < 1.29 is 0 Å². The molecule has 0 saturated carbocycles. The van der Waals surface area contributed by atoms with Crippen molar-refractivity contribution in [2.24, 2.45) is 0 Å². The Balaban J connectivity index is 2.48. The van der Waals surface area contributed by atoms with Crippen LogP contribution in [0.15, 0.2) is 45.8 Å². The van der Waals surface area contributed by atoms with E-state index < -0.39 is 0 Å². The van der Waals surface area contributed by atoms with E-state index >= 15 is 0 Å². The summed E-state index contributed by atoms with van der Waals surface area (Å²) < 4.78 is 1.18. The molecular formula is C14H20BrNS. The molecule has 3 heteroatoms. The molecule has 0 aromatic heterocycles. The van der Waals surface area contributed by atoms with E-state index in [1.807, 2.05) is 24.9 Å². The summed E-state index contributed by atoms with van der Waals surface area (Å²) >= 11 is 5.46. The minimum atomic E-state index is 0.500. The van der Waals surface area contributed by atoms with Crippen molar-refractivity contribution >= 4 is 27.7 Å². The van der Waals surface area contributed by atoms with Gasteiger partial charge in [-0.25, -0.2) is 0 Å². The summed E-state index contributed by atoms with van der Waals surface area (Å²) in [5.41, 5.74) is 1.32. The summed E-state index contributed by atoms with van der Waals surface area (Å²) in [7, 11) is 2.02. The minimum Gasteiger partial charge on any atom is -0.316 e. The van der Waals surface area contributed by atoms with Crippen LogP contribution < -0.4 is 5.32 Å². The fourth-order valence-electron chi connectivity index (χ4n) is 1.49. The summed E-state index contributed by atoms with van der Waals surface area (Å²) in [5.74, 6) is 1.07. The highest BCUT2D eigenvalue weighted by molar-refractivity contribution is 9.10. The maximum Gasteiger partial charge on any atom is 0.0311 e. The molecule has 1 atom stereocenters. The van der Waals surface area contributed by atoms with Gasteiger partial charge in [0, 0.05) is 21.2 Å². The predicted molar refractivity (Wildman–Crippen MR) is 81.8 cm³/mol. The molecule has 0 saturated heterocycles. The zero-order valence-electron chi connectivity index (χ0n) is 10.5. The van der Waals surface area contributed by atoms with Gasteiger partial charge in [0.1, 0.15) is 0 Å². The van der Waals surface area contributed by atoms with Crippen LogP contribution in [0.1, 0.15) is 19.8 Å². The fourth-order valence-corrected chi connectivity index (χ4v) is 3.16. The van der Waals surface area contributed by atoms with Crippen LogP contribution in [0, 0.1) is 0 Å². The van der Waals surface area contributed by atoms with Crippen LogP contribution in [0.5, 0.6) is 0 Å². The molecule has 1 unspecified atom stereocenters. The topological polar surface area (TPSA) is 12.0 Å². The zero-order valence-corrected chi connectivity index (χ0v) is 12.9. The third-order valence-electron chi connectivity index (χ3n) is 2.72. The first-order chi connectivity index (χ1) is 8.17. The first kappa shape index (κ1) is 14.8. The van der Waals surface area contributed by atoms with Crippen molar-refractivity contribution in [3.8, 4) is 0 Å². The molecule has 0 spiro atoms. The third-order valence-corrected chi connectivity index (χ3v) is 4.91.